The van der Waals surface area contributed by atoms with Gasteiger partial charge in [0, 0.05) is 0 Å². The molecule has 1 saturated heterocycles. The van der Waals surface area contributed by atoms with Crippen molar-refractivity contribution < 1.29 is 14.7 Å². The predicted octanol–water partition coefficient (Wildman–Crippen LogP) is 0.513. The van der Waals surface area contributed by atoms with E-state index < -0.39 is 12.0 Å². The van der Waals surface area contributed by atoms with E-state index >= 15 is 0 Å². The smallest absolute Gasteiger partial charge is 0.320 e. The van der Waals surface area contributed by atoms with Crippen molar-refractivity contribution in [2.45, 2.75) is 38.8 Å². The maximum absolute atomic E-state index is 11.1. The lowest BCUT2D eigenvalue weighted by Gasteiger charge is -2.25. The minimum absolute atomic E-state index is 0.0746. The van der Waals surface area contributed by atoms with Crippen LogP contribution in [-0.2, 0) is 9.59 Å². The Bertz CT molecular complexity index is 227. The van der Waals surface area contributed by atoms with Crippen molar-refractivity contribution in [2.75, 3.05) is 6.54 Å². The topological polar surface area (TPSA) is 57.6 Å². The van der Waals surface area contributed by atoms with Crippen molar-refractivity contribution in [3.05, 3.63) is 0 Å². The minimum Gasteiger partial charge on any atom is -0.480 e. The number of carbonyl (C=O) groups is 2. The lowest BCUT2D eigenvalue weighted by Crippen LogP contribution is -2.44. The number of nitrogens with zero attached hydrogens (tertiary/aromatic N) is 1. The summed E-state index contributed by atoms with van der Waals surface area (Å²) in [6, 6.07) is -0.720. The zero-order valence-electron chi connectivity index (χ0n) is 7.99. The van der Waals surface area contributed by atoms with Crippen LogP contribution in [0.25, 0.3) is 0 Å². The van der Waals surface area contributed by atoms with Gasteiger partial charge in [0.1, 0.15) is 11.8 Å². The summed E-state index contributed by atoms with van der Waals surface area (Å²) in [5.74, 6) is -0.779. The van der Waals surface area contributed by atoms with E-state index in [0.717, 1.165) is 19.4 Å². The average Bonchev–Trinajstić information content (AvgIpc) is 2.50. The van der Waals surface area contributed by atoms with Gasteiger partial charge >= 0.3 is 5.97 Å². The fourth-order valence-electron chi connectivity index (χ4n) is 1.83. The first kappa shape index (κ1) is 10.2. The Balaban J connectivity index is 2.68. The molecule has 0 bridgehead atoms. The zero-order valence-corrected chi connectivity index (χ0v) is 7.99. The first-order valence-corrected chi connectivity index (χ1v) is 4.53. The molecular weight excluding hydrogens is 170 g/mol. The van der Waals surface area contributed by atoms with Crippen LogP contribution < -0.4 is 0 Å². The second kappa shape index (κ2) is 3.87. The quantitative estimate of drug-likeness (QED) is 0.696. The van der Waals surface area contributed by atoms with Gasteiger partial charge in [-0.1, -0.05) is 0 Å². The molecule has 0 aromatic carbocycles. The van der Waals surface area contributed by atoms with Gasteiger partial charge in [-0.25, -0.2) is 0 Å². The van der Waals surface area contributed by atoms with Crippen LogP contribution >= 0.6 is 0 Å². The fourth-order valence-corrected chi connectivity index (χ4v) is 1.83. The molecule has 0 aliphatic carbocycles. The Morgan fingerprint density at radius 2 is 2.15 bits per heavy atom. The van der Waals surface area contributed by atoms with E-state index in [1.807, 2.05) is 0 Å². The Morgan fingerprint density at radius 1 is 1.54 bits per heavy atom. The molecule has 13 heavy (non-hydrogen) atoms. The predicted molar refractivity (Wildman–Crippen MR) is 47.5 cm³/mol. The Kier molecular flexibility index (Phi) is 3.03. The molecule has 0 aromatic heterocycles. The minimum atomic E-state index is -0.854. The van der Waals surface area contributed by atoms with E-state index in [0.29, 0.717) is 0 Å². The lowest BCUT2D eigenvalue weighted by molar-refractivity contribution is -0.143. The van der Waals surface area contributed by atoms with Gasteiger partial charge < -0.3 is 5.11 Å². The molecular formula is C9H15NO3. The number of carbonyl (C=O) groups excluding carboxylic acids is 1. The number of rotatable bonds is 3. The summed E-state index contributed by atoms with van der Waals surface area (Å²) in [7, 11) is 0. The van der Waals surface area contributed by atoms with Gasteiger partial charge in [0.2, 0.25) is 0 Å². The molecule has 1 N–H and O–H groups in total. The third-order valence-corrected chi connectivity index (χ3v) is 2.62. The van der Waals surface area contributed by atoms with E-state index in [2.05, 4.69) is 0 Å². The van der Waals surface area contributed by atoms with Crippen molar-refractivity contribution >= 4 is 11.8 Å². The molecule has 0 radical (unpaired) electrons. The highest BCUT2D eigenvalue weighted by Crippen LogP contribution is 2.20. The van der Waals surface area contributed by atoms with Gasteiger partial charge in [-0.2, -0.15) is 0 Å². The van der Waals surface area contributed by atoms with Gasteiger partial charge in [-0.15, -0.1) is 0 Å². The highest BCUT2D eigenvalue weighted by Gasteiger charge is 2.34. The van der Waals surface area contributed by atoms with E-state index in [4.69, 9.17) is 5.11 Å². The van der Waals surface area contributed by atoms with Crippen molar-refractivity contribution in [2.24, 2.45) is 0 Å². The van der Waals surface area contributed by atoms with Crippen molar-refractivity contribution in [3.8, 4) is 0 Å². The number of Topliss-reactive ketones (excluding diaryl/α,β-unsaturated/α-hetero) is 1. The second-order valence-electron chi connectivity index (χ2n) is 3.52. The van der Waals surface area contributed by atoms with Gasteiger partial charge in [0.05, 0.1) is 6.04 Å². The number of ketones is 1. The summed E-state index contributed by atoms with van der Waals surface area (Å²) in [6.07, 6.45) is 1.72. The highest BCUT2D eigenvalue weighted by molar-refractivity contribution is 5.83. The summed E-state index contributed by atoms with van der Waals surface area (Å²) in [5, 5.41) is 8.79. The van der Waals surface area contributed by atoms with Crippen molar-refractivity contribution in [1.82, 2.24) is 4.90 Å². The standard InChI is InChI=1S/C9H15NO3/c1-6(9(12)13)10-5-3-4-8(10)7(2)11/h6,8H,3-5H2,1-2H3,(H,12,13). The number of aliphatic carboxylic acids is 1. The van der Waals surface area contributed by atoms with E-state index in [9.17, 15) is 9.59 Å². The molecule has 1 rings (SSSR count). The van der Waals surface area contributed by atoms with Crippen molar-refractivity contribution in [1.29, 1.82) is 0 Å². The molecule has 0 spiro atoms. The Morgan fingerprint density at radius 3 is 2.62 bits per heavy atom. The van der Waals surface area contributed by atoms with Gasteiger partial charge in [-0.05, 0) is 33.2 Å². The van der Waals surface area contributed by atoms with Gasteiger partial charge in [0.25, 0.3) is 0 Å². The molecule has 0 amide bonds. The van der Waals surface area contributed by atoms with Crippen LogP contribution in [0, 0.1) is 0 Å². The number of hydrogen-bond acceptors (Lipinski definition) is 3. The van der Waals surface area contributed by atoms with Crippen molar-refractivity contribution in [3.63, 3.8) is 0 Å². The van der Waals surface area contributed by atoms with Crippen LogP contribution in [0.2, 0.25) is 0 Å². The second-order valence-corrected chi connectivity index (χ2v) is 3.52. The largest absolute Gasteiger partial charge is 0.480 e. The first-order chi connectivity index (χ1) is 6.04. The number of carboxylic acids is 1. The lowest BCUT2D eigenvalue weighted by atomic mass is 10.1. The third-order valence-electron chi connectivity index (χ3n) is 2.62. The normalized spacial score (nSPS) is 25.8. The molecule has 1 fully saturated rings. The summed E-state index contributed by atoms with van der Waals surface area (Å²) in [5.41, 5.74) is 0. The number of likely N-dealkylation sites (tertiary alicyclic amines) is 1. The summed E-state index contributed by atoms with van der Waals surface area (Å²) in [6.45, 7) is 3.87. The molecule has 0 saturated carbocycles. The van der Waals surface area contributed by atoms with E-state index in [1.54, 1.807) is 11.8 Å². The SMILES string of the molecule is CC(=O)C1CCCN1C(C)C(=O)O. The fraction of sp³-hybridized carbons (Fsp3) is 0.778. The highest BCUT2D eigenvalue weighted by atomic mass is 16.4. The maximum Gasteiger partial charge on any atom is 0.320 e. The van der Waals surface area contributed by atoms with Crippen LogP contribution in [0.4, 0.5) is 0 Å². The maximum atomic E-state index is 11.1. The molecule has 4 heteroatoms. The van der Waals surface area contributed by atoms with Crippen LogP contribution in [0.15, 0.2) is 0 Å². The van der Waals surface area contributed by atoms with Crippen LogP contribution in [0.5, 0.6) is 0 Å². The monoisotopic (exact) mass is 185 g/mol. The Labute approximate surface area is 77.5 Å². The molecule has 1 aliphatic rings. The number of hydrogen-bond donors (Lipinski definition) is 1. The van der Waals surface area contributed by atoms with E-state index in [-0.39, 0.29) is 11.8 Å². The first-order valence-electron chi connectivity index (χ1n) is 4.53. The molecule has 1 aliphatic heterocycles. The summed E-state index contributed by atoms with van der Waals surface area (Å²) in [4.78, 5) is 23.6. The van der Waals surface area contributed by atoms with Crippen LogP contribution in [0.3, 0.4) is 0 Å². The molecule has 0 aromatic rings. The van der Waals surface area contributed by atoms with Gasteiger partial charge in [0.15, 0.2) is 0 Å². The third kappa shape index (κ3) is 2.06. The zero-order chi connectivity index (χ0) is 10.0. The van der Waals surface area contributed by atoms with Gasteiger partial charge in [-0.3, -0.25) is 14.5 Å². The number of carboxylic acid groups (broad SMARTS) is 1. The molecule has 2 atom stereocenters. The molecule has 74 valence electrons. The van der Waals surface area contributed by atoms with Crippen LogP contribution in [0.1, 0.15) is 26.7 Å². The van der Waals surface area contributed by atoms with Crippen LogP contribution in [-0.4, -0.2) is 40.4 Å². The molecule has 4 nitrogen and oxygen atoms in total. The summed E-state index contributed by atoms with van der Waals surface area (Å²) >= 11 is 0. The molecule has 2 unspecified atom stereocenters. The Hall–Kier alpha value is -0.900. The molecule has 1 heterocycles. The average molecular weight is 185 g/mol. The summed E-state index contributed by atoms with van der Waals surface area (Å²) < 4.78 is 0. The van der Waals surface area contributed by atoms with E-state index in [1.165, 1.54) is 6.92 Å².